The number of rotatable bonds is 16. The maximum atomic E-state index is 16.0. The molecule has 20 heteroatoms. The lowest BCUT2D eigenvalue weighted by Crippen LogP contribution is -2.73. The fourth-order valence-corrected chi connectivity index (χ4v) is 11.0. The summed E-state index contributed by atoms with van der Waals surface area (Å²) in [5, 5.41) is 7.50. The SMILES string of the molecule is NC(=O)[C@](c1ccccc1)([C@@](N)(C(=O)N(CCNc1nsc2ccccc12)OC(=O)C(F)(F)F)c1ccccc1)S(=O)(=O)N(CCNc1nsc2ccccc12)c1ccccc1. The van der Waals surface area contributed by atoms with Gasteiger partial charge in [-0.3, -0.25) is 13.9 Å². The van der Waals surface area contributed by atoms with Crippen molar-refractivity contribution in [2.75, 3.05) is 41.1 Å². The van der Waals surface area contributed by atoms with Gasteiger partial charge in [-0.15, -0.1) is 0 Å². The molecule has 0 aliphatic heterocycles. The third-order valence-electron chi connectivity index (χ3n) is 9.99. The van der Waals surface area contributed by atoms with E-state index in [2.05, 4.69) is 19.4 Å². The highest BCUT2D eigenvalue weighted by Gasteiger charge is 2.71. The van der Waals surface area contributed by atoms with Crippen molar-refractivity contribution < 1.29 is 40.8 Å². The molecule has 0 bridgehead atoms. The fraction of sp³-hybridized carbons (Fsp3) is 0.167. The van der Waals surface area contributed by atoms with E-state index in [9.17, 15) is 22.8 Å². The molecule has 2 heterocycles. The highest BCUT2D eigenvalue weighted by molar-refractivity contribution is 7.94. The van der Waals surface area contributed by atoms with E-state index in [1.165, 1.54) is 84.3 Å². The van der Waals surface area contributed by atoms with Crippen LogP contribution >= 0.6 is 23.1 Å². The number of hydroxylamine groups is 2. The number of para-hydroxylation sites is 1. The number of fused-ring (bicyclic) bond motifs is 2. The summed E-state index contributed by atoms with van der Waals surface area (Å²) in [4.78, 5) is 47.5. The third-order valence-corrected chi connectivity index (χ3v) is 14.2. The number of carbonyl (C=O) groups excluding carboxylic acids is 3. The van der Waals surface area contributed by atoms with Crippen molar-refractivity contribution in [3.05, 3.63) is 151 Å². The molecule has 0 saturated heterocycles. The molecule has 7 aromatic rings. The number of nitrogens with two attached hydrogens (primary N) is 2. The van der Waals surface area contributed by atoms with Crippen LogP contribution in [0.25, 0.3) is 20.2 Å². The van der Waals surface area contributed by atoms with Gasteiger partial charge in [-0.05, 0) is 70.6 Å². The molecule has 62 heavy (non-hydrogen) atoms. The molecule has 0 saturated carbocycles. The van der Waals surface area contributed by atoms with Crippen LogP contribution in [0, 0.1) is 0 Å². The Bertz CT molecular complexity index is 2820. The minimum atomic E-state index is -5.63. The molecule has 14 nitrogen and oxygen atoms in total. The molecule has 0 radical (unpaired) electrons. The van der Waals surface area contributed by atoms with Crippen LogP contribution in [0.2, 0.25) is 0 Å². The third kappa shape index (κ3) is 7.99. The Morgan fingerprint density at radius 3 is 1.61 bits per heavy atom. The number of primary amides is 1. The highest BCUT2D eigenvalue weighted by atomic mass is 32.2. The van der Waals surface area contributed by atoms with Gasteiger partial charge in [0.2, 0.25) is 10.7 Å². The number of nitrogens with one attached hydrogen (secondary N) is 2. The van der Waals surface area contributed by atoms with Gasteiger partial charge < -0.3 is 26.9 Å². The number of carbonyl (C=O) groups is 3. The number of aromatic nitrogens is 2. The van der Waals surface area contributed by atoms with Crippen LogP contribution in [-0.2, 0) is 39.5 Å². The largest absolute Gasteiger partial charge is 0.493 e. The van der Waals surface area contributed by atoms with Crippen molar-refractivity contribution in [3.8, 4) is 0 Å². The summed E-state index contributed by atoms with van der Waals surface area (Å²) in [5.74, 6) is -5.46. The lowest BCUT2D eigenvalue weighted by atomic mass is 9.72. The predicted octanol–water partition coefficient (Wildman–Crippen LogP) is 6.35. The summed E-state index contributed by atoms with van der Waals surface area (Å²) in [6, 6.07) is 35.4. The standard InChI is InChI=1S/C42H37F3N8O6S3/c43-42(44,45)39(56)59-52(26-24-48-35-31-20-10-12-22-33(31)60-50-35)38(55)40(47,28-14-4-1-5-15-28)41(37(46)54,29-16-6-2-7-17-29)62(57,58)53(30-18-8-3-9-19-30)27-25-49-36-32-21-11-13-23-34(32)61-51-36/h1-23H,24-27,47H2,(H2,46,54)(H,48,50)(H,49,51)/t40-,41+/m0/s1. The number of benzene rings is 5. The lowest BCUT2D eigenvalue weighted by Gasteiger charge is -2.47. The van der Waals surface area contributed by atoms with Crippen molar-refractivity contribution >= 4 is 88.4 Å². The van der Waals surface area contributed by atoms with Crippen LogP contribution in [0.5, 0.6) is 0 Å². The van der Waals surface area contributed by atoms with Crippen molar-refractivity contribution in [2.24, 2.45) is 11.5 Å². The zero-order valence-corrected chi connectivity index (χ0v) is 34.8. The number of hydrogen-bond donors (Lipinski definition) is 4. The quantitative estimate of drug-likeness (QED) is 0.0788. The van der Waals surface area contributed by atoms with Crippen LogP contribution in [-0.4, -0.2) is 72.4 Å². The average molecular weight is 903 g/mol. The maximum Gasteiger partial charge on any atom is 0.493 e. The second-order valence-electron chi connectivity index (χ2n) is 13.7. The maximum absolute atomic E-state index is 16.0. The zero-order valence-electron chi connectivity index (χ0n) is 32.4. The number of hydrogen-bond acceptors (Lipinski definition) is 13. The first-order valence-corrected chi connectivity index (χ1v) is 21.7. The Kier molecular flexibility index (Phi) is 12.5. The molecule has 0 aliphatic rings. The number of nitrogens with zero attached hydrogens (tertiary/aromatic N) is 4. The van der Waals surface area contributed by atoms with Crippen molar-refractivity contribution in [3.63, 3.8) is 0 Å². The summed E-state index contributed by atoms with van der Waals surface area (Å²) in [6.45, 7) is -1.79. The molecule has 7 rings (SSSR count). The van der Waals surface area contributed by atoms with Gasteiger partial charge in [0.25, 0.3) is 15.9 Å². The average Bonchev–Trinajstić information content (AvgIpc) is 3.89. The summed E-state index contributed by atoms with van der Waals surface area (Å²) in [7, 11) is -5.49. The normalized spacial score (nSPS) is 13.7. The van der Waals surface area contributed by atoms with E-state index in [0.717, 1.165) is 30.6 Å². The number of amides is 2. The van der Waals surface area contributed by atoms with Gasteiger partial charge in [0, 0.05) is 23.9 Å². The fourth-order valence-electron chi connectivity index (χ4n) is 7.16. The molecule has 2 atom stereocenters. The minimum Gasteiger partial charge on any atom is -0.368 e. The Labute approximate surface area is 361 Å². The van der Waals surface area contributed by atoms with Crippen molar-refractivity contribution in [1.82, 2.24) is 13.8 Å². The van der Waals surface area contributed by atoms with Gasteiger partial charge in [-0.2, -0.15) is 27.0 Å². The van der Waals surface area contributed by atoms with Gasteiger partial charge in [0.05, 0.1) is 28.2 Å². The van der Waals surface area contributed by atoms with E-state index in [4.69, 9.17) is 16.3 Å². The predicted molar refractivity (Wildman–Crippen MR) is 232 cm³/mol. The van der Waals surface area contributed by atoms with Gasteiger partial charge in [0.1, 0.15) is 11.6 Å². The van der Waals surface area contributed by atoms with Crippen LogP contribution in [0.15, 0.2) is 140 Å². The van der Waals surface area contributed by atoms with Crippen molar-refractivity contribution in [2.45, 2.75) is 16.5 Å². The molecule has 320 valence electrons. The molecule has 0 spiro atoms. The van der Waals surface area contributed by atoms with Gasteiger partial charge in [0.15, 0.2) is 5.54 Å². The smallest absolute Gasteiger partial charge is 0.368 e. The van der Waals surface area contributed by atoms with Gasteiger partial charge in [-0.25, -0.2) is 13.2 Å². The van der Waals surface area contributed by atoms with E-state index < -0.39 is 69.5 Å². The Morgan fingerprint density at radius 1 is 0.661 bits per heavy atom. The topological polar surface area (TPSA) is 203 Å². The van der Waals surface area contributed by atoms with Crippen molar-refractivity contribution in [1.29, 1.82) is 0 Å². The van der Waals surface area contributed by atoms with Crippen LogP contribution < -0.4 is 26.4 Å². The van der Waals surface area contributed by atoms with Gasteiger partial charge in [-0.1, -0.05) is 103 Å². The molecule has 2 amide bonds. The van der Waals surface area contributed by atoms with Gasteiger partial charge >= 0.3 is 12.1 Å². The molecule has 6 N–H and O–H groups in total. The molecular formula is C42H37F3N8O6S3. The first-order chi connectivity index (χ1) is 29.7. The second-order valence-corrected chi connectivity index (χ2v) is 17.3. The van der Waals surface area contributed by atoms with E-state index >= 15 is 13.2 Å². The van der Waals surface area contributed by atoms with Crippen LogP contribution in [0.3, 0.4) is 0 Å². The molecule has 0 aliphatic carbocycles. The number of alkyl halides is 3. The summed E-state index contributed by atoms with van der Waals surface area (Å²) in [5.41, 5.74) is 9.50. The monoisotopic (exact) mass is 902 g/mol. The highest BCUT2D eigenvalue weighted by Crippen LogP contribution is 2.49. The number of anilines is 3. The Balaban J connectivity index is 1.39. The lowest BCUT2D eigenvalue weighted by molar-refractivity contribution is -0.238. The summed E-state index contributed by atoms with van der Waals surface area (Å²) in [6.07, 6.45) is -5.63. The molecule has 2 aromatic heterocycles. The molecule has 0 unspecified atom stereocenters. The first kappa shape index (κ1) is 43.5. The first-order valence-electron chi connectivity index (χ1n) is 18.8. The van der Waals surface area contributed by atoms with E-state index in [-0.39, 0.29) is 22.9 Å². The second kappa shape index (κ2) is 17.8. The molecule has 0 fully saturated rings. The van der Waals surface area contributed by atoms with E-state index in [1.807, 2.05) is 24.3 Å². The van der Waals surface area contributed by atoms with E-state index in [1.54, 1.807) is 42.5 Å². The van der Waals surface area contributed by atoms with Crippen LogP contribution in [0.1, 0.15) is 11.1 Å². The van der Waals surface area contributed by atoms with E-state index in [0.29, 0.717) is 17.0 Å². The Morgan fingerprint density at radius 2 is 1.11 bits per heavy atom. The summed E-state index contributed by atoms with van der Waals surface area (Å²) >= 11 is 2.35. The Hall–Kier alpha value is -6.61. The number of halogens is 3. The minimum absolute atomic E-state index is 0.00228. The summed E-state index contributed by atoms with van der Waals surface area (Å²) < 4.78 is 81.9. The van der Waals surface area contributed by atoms with Crippen LogP contribution in [0.4, 0.5) is 30.5 Å². The molecular weight excluding hydrogens is 866 g/mol. The number of sulfonamides is 1. The molecule has 5 aromatic carbocycles. The zero-order chi connectivity index (χ0) is 44.1.